The number of hydrogen-bond donors (Lipinski definition) is 1. The molecule has 1 aromatic heterocycles. The van der Waals surface area contributed by atoms with Crippen LogP contribution in [0, 0.1) is 0 Å². The van der Waals surface area contributed by atoms with Crippen LogP contribution >= 0.6 is 0 Å². The summed E-state index contributed by atoms with van der Waals surface area (Å²) >= 11 is 0. The van der Waals surface area contributed by atoms with Crippen molar-refractivity contribution in [3.05, 3.63) is 36.5 Å². The predicted octanol–water partition coefficient (Wildman–Crippen LogP) is 2.82. The fourth-order valence-corrected chi connectivity index (χ4v) is 2.38. The second-order valence-corrected chi connectivity index (χ2v) is 5.13. The van der Waals surface area contributed by atoms with Gasteiger partial charge in [-0.05, 0) is 25.0 Å². The highest BCUT2D eigenvalue weighted by molar-refractivity contribution is 6.40. The molecule has 1 aromatic carbocycles. The van der Waals surface area contributed by atoms with Gasteiger partial charge in [0.2, 0.25) is 0 Å². The van der Waals surface area contributed by atoms with Crippen LogP contribution in [0.3, 0.4) is 0 Å². The number of amides is 2. The number of pyridine rings is 1. The van der Waals surface area contributed by atoms with Gasteiger partial charge in [0.15, 0.2) is 0 Å². The van der Waals surface area contributed by atoms with Gasteiger partial charge in [-0.1, -0.05) is 32.0 Å². The predicted molar refractivity (Wildman–Crippen MR) is 87.5 cm³/mol. The quantitative estimate of drug-likeness (QED) is 0.864. The molecule has 0 aliphatic rings. The molecule has 1 N–H and O–H groups in total. The molecule has 5 heteroatoms. The molecule has 116 valence electrons. The molecule has 0 unspecified atom stereocenters. The van der Waals surface area contributed by atoms with E-state index >= 15 is 0 Å². The molecule has 0 atom stereocenters. The summed E-state index contributed by atoms with van der Waals surface area (Å²) in [6, 6.07) is 9.26. The molecular weight excluding hydrogens is 278 g/mol. The lowest BCUT2D eigenvalue weighted by Gasteiger charge is -2.20. The van der Waals surface area contributed by atoms with Gasteiger partial charge in [-0.15, -0.1) is 0 Å². The Balaban J connectivity index is 2.18. The number of fused-ring (bicyclic) bond motifs is 1. The Hall–Kier alpha value is -2.43. The van der Waals surface area contributed by atoms with Gasteiger partial charge in [0.1, 0.15) is 0 Å². The summed E-state index contributed by atoms with van der Waals surface area (Å²) in [5.41, 5.74) is 1.24. The van der Waals surface area contributed by atoms with Crippen LogP contribution in [0.2, 0.25) is 0 Å². The van der Waals surface area contributed by atoms with Crippen molar-refractivity contribution in [1.82, 2.24) is 9.88 Å². The molecule has 1 heterocycles. The number of aromatic nitrogens is 1. The molecule has 0 radical (unpaired) electrons. The second kappa shape index (κ2) is 7.54. The van der Waals surface area contributed by atoms with Crippen molar-refractivity contribution in [3.8, 4) is 0 Å². The van der Waals surface area contributed by atoms with Crippen molar-refractivity contribution in [3.63, 3.8) is 0 Å². The van der Waals surface area contributed by atoms with E-state index in [-0.39, 0.29) is 0 Å². The first-order valence-corrected chi connectivity index (χ1v) is 7.61. The normalized spacial score (nSPS) is 10.5. The number of carbonyl (C=O) groups is 2. The van der Waals surface area contributed by atoms with Crippen LogP contribution in [0.4, 0.5) is 5.69 Å². The SMILES string of the molecule is CCCN(CCC)C(=O)C(=O)Nc1cccc2cccnc12. The third-order valence-electron chi connectivity index (χ3n) is 3.35. The summed E-state index contributed by atoms with van der Waals surface area (Å²) in [6.45, 7) is 5.16. The highest BCUT2D eigenvalue weighted by atomic mass is 16.2. The molecule has 0 aliphatic carbocycles. The summed E-state index contributed by atoms with van der Waals surface area (Å²) in [5.74, 6) is -1.10. The molecule has 5 nitrogen and oxygen atoms in total. The van der Waals surface area contributed by atoms with E-state index in [1.54, 1.807) is 17.2 Å². The van der Waals surface area contributed by atoms with E-state index in [1.807, 2.05) is 38.1 Å². The molecule has 0 bridgehead atoms. The van der Waals surface area contributed by atoms with Gasteiger partial charge < -0.3 is 10.2 Å². The average molecular weight is 299 g/mol. The Bertz CT molecular complexity index is 659. The molecular formula is C17H21N3O2. The van der Waals surface area contributed by atoms with Gasteiger partial charge >= 0.3 is 11.8 Å². The lowest BCUT2D eigenvalue weighted by molar-refractivity contribution is -0.143. The second-order valence-electron chi connectivity index (χ2n) is 5.13. The number of hydrogen-bond acceptors (Lipinski definition) is 3. The van der Waals surface area contributed by atoms with Crippen molar-refractivity contribution in [2.45, 2.75) is 26.7 Å². The lowest BCUT2D eigenvalue weighted by Crippen LogP contribution is -2.40. The van der Waals surface area contributed by atoms with Crippen LogP contribution in [-0.2, 0) is 9.59 Å². The summed E-state index contributed by atoms with van der Waals surface area (Å²) in [6.07, 6.45) is 3.32. The van der Waals surface area contributed by atoms with Gasteiger partial charge in [0.05, 0.1) is 11.2 Å². The molecule has 2 amide bonds. The minimum atomic E-state index is -0.611. The first-order chi connectivity index (χ1) is 10.7. The van der Waals surface area contributed by atoms with E-state index in [2.05, 4.69) is 10.3 Å². The molecule has 0 spiro atoms. The van der Waals surface area contributed by atoms with Gasteiger partial charge in [-0.3, -0.25) is 14.6 Å². The topological polar surface area (TPSA) is 62.3 Å². The number of benzene rings is 1. The number of nitrogens with one attached hydrogen (secondary N) is 1. The maximum atomic E-state index is 12.3. The van der Waals surface area contributed by atoms with E-state index in [4.69, 9.17) is 0 Å². The van der Waals surface area contributed by atoms with Crippen molar-refractivity contribution < 1.29 is 9.59 Å². The third-order valence-corrected chi connectivity index (χ3v) is 3.35. The van der Waals surface area contributed by atoms with Crippen molar-refractivity contribution in [2.24, 2.45) is 0 Å². The van der Waals surface area contributed by atoms with E-state index in [1.165, 1.54) is 0 Å². The molecule has 0 saturated heterocycles. The Labute approximate surface area is 130 Å². The number of anilines is 1. The summed E-state index contributed by atoms with van der Waals surface area (Å²) in [4.78, 5) is 30.3. The molecule has 0 fully saturated rings. The zero-order chi connectivity index (χ0) is 15.9. The number of rotatable bonds is 5. The van der Waals surface area contributed by atoms with Gasteiger partial charge in [0.25, 0.3) is 0 Å². The number of carbonyl (C=O) groups excluding carboxylic acids is 2. The molecule has 2 rings (SSSR count). The van der Waals surface area contributed by atoms with Crippen molar-refractivity contribution in [2.75, 3.05) is 18.4 Å². The maximum absolute atomic E-state index is 12.3. The zero-order valence-corrected chi connectivity index (χ0v) is 13.0. The summed E-state index contributed by atoms with van der Waals surface area (Å²) in [7, 11) is 0. The summed E-state index contributed by atoms with van der Waals surface area (Å²) < 4.78 is 0. The van der Waals surface area contributed by atoms with Crippen LogP contribution in [-0.4, -0.2) is 34.8 Å². The fraction of sp³-hybridized carbons (Fsp3) is 0.353. The summed E-state index contributed by atoms with van der Waals surface area (Å²) in [5, 5.41) is 3.61. The van der Waals surface area contributed by atoms with Crippen LogP contribution in [0.5, 0.6) is 0 Å². The highest BCUT2D eigenvalue weighted by Crippen LogP contribution is 2.20. The standard InChI is InChI=1S/C17H21N3O2/c1-3-11-20(12-4-2)17(22)16(21)19-14-9-5-7-13-8-6-10-18-15(13)14/h5-10H,3-4,11-12H2,1-2H3,(H,19,21). The first kappa shape index (κ1) is 15.9. The maximum Gasteiger partial charge on any atom is 0.313 e. The minimum Gasteiger partial charge on any atom is -0.334 e. The molecule has 0 aliphatic heterocycles. The van der Waals surface area contributed by atoms with E-state index in [0.717, 1.165) is 18.2 Å². The first-order valence-electron chi connectivity index (χ1n) is 7.61. The Morgan fingerprint density at radius 3 is 2.45 bits per heavy atom. The molecule has 22 heavy (non-hydrogen) atoms. The van der Waals surface area contributed by atoms with Crippen LogP contribution < -0.4 is 5.32 Å². The van der Waals surface area contributed by atoms with E-state index in [9.17, 15) is 9.59 Å². The van der Waals surface area contributed by atoms with Gasteiger partial charge in [-0.2, -0.15) is 0 Å². The molecule has 2 aromatic rings. The number of para-hydroxylation sites is 1. The van der Waals surface area contributed by atoms with Crippen molar-refractivity contribution >= 4 is 28.4 Å². The Morgan fingerprint density at radius 1 is 1.09 bits per heavy atom. The average Bonchev–Trinajstić information content (AvgIpc) is 2.54. The highest BCUT2D eigenvalue weighted by Gasteiger charge is 2.21. The van der Waals surface area contributed by atoms with Crippen LogP contribution in [0.25, 0.3) is 10.9 Å². The fourth-order valence-electron chi connectivity index (χ4n) is 2.38. The Morgan fingerprint density at radius 2 is 1.77 bits per heavy atom. The van der Waals surface area contributed by atoms with E-state index in [0.29, 0.717) is 24.3 Å². The monoisotopic (exact) mass is 299 g/mol. The Kier molecular flexibility index (Phi) is 5.47. The van der Waals surface area contributed by atoms with Crippen LogP contribution in [0.15, 0.2) is 36.5 Å². The van der Waals surface area contributed by atoms with E-state index < -0.39 is 11.8 Å². The van der Waals surface area contributed by atoms with Crippen LogP contribution in [0.1, 0.15) is 26.7 Å². The molecule has 0 saturated carbocycles. The largest absolute Gasteiger partial charge is 0.334 e. The lowest BCUT2D eigenvalue weighted by atomic mass is 10.2. The van der Waals surface area contributed by atoms with Crippen molar-refractivity contribution in [1.29, 1.82) is 0 Å². The third kappa shape index (κ3) is 3.61. The van der Waals surface area contributed by atoms with Gasteiger partial charge in [-0.25, -0.2) is 0 Å². The number of nitrogens with zero attached hydrogens (tertiary/aromatic N) is 2. The van der Waals surface area contributed by atoms with Gasteiger partial charge in [0, 0.05) is 24.7 Å². The minimum absolute atomic E-state index is 0.489. The smallest absolute Gasteiger partial charge is 0.313 e. The zero-order valence-electron chi connectivity index (χ0n) is 13.0.